The van der Waals surface area contributed by atoms with Gasteiger partial charge in [-0.25, -0.2) is 0 Å². The molecule has 4 aliphatic rings. The molecule has 0 radical (unpaired) electrons. The second-order valence-electron chi connectivity index (χ2n) is 14.8. The molecule has 238 valence electrons. The standard InChI is InChI=1S/C35H51NO6S/c1-21-18-25(43-24(4)39)19-27-31(5,11-10-26(41-22(2)37)29(21)42-23(3)38)14-17-35(9)28-20-33(7,30(36)40)13-12-32(28,6)15-16-34(27,35)8/h10-11,18-19,23,25,28,38H,12-17,20H2,1-9H3,(H2,36,40)/b11-10+,21-18+,27-19+,29-26-/t23?,25?,28-,31-,32-,33-,34-,35+/m1/s1. The van der Waals surface area contributed by atoms with Crippen molar-refractivity contribution in [1.82, 2.24) is 0 Å². The normalized spacial score (nSPS) is 45.0. The molecular weight excluding hydrogens is 562 g/mol. The maximum atomic E-state index is 12.7. The summed E-state index contributed by atoms with van der Waals surface area (Å²) in [5.41, 5.74) is 6.84. The summed E-state index contributed by atoms with van der Waals surface area (Å²) < 4.78 is 11.5. The molecule has 0 heterocycles. The van der Waals surface area contributed by atoms with Gasteiger partial charge in [0.1, 0.15) is 0 Å². The first kappa shape index (κ1) is 33.6. The van der Waals surface area contributed by atoms with Gasteiger partial charge in [0.05, 0.1) is 0 Å². The van der Waals surface area contributed by atoms with Crippen LogP contribution >= 0.6 is 11.8 Å². The first-order valence-corrected chi connectivity index (χ1v) is 16.5. The van der Waals surface area contributed by atoms with Gasteiger partial charge in [0, 0.05) is 29.9 Å². The molecule has 2 unspecified atom stereocenters. The topological polar surface area (TPSA) is 116 Å². The van der Waals surface area contributed by atoms with Crippen molar-refractivity contribution in [2.75, 3.05) is 0 Å². The molecule has 3 saturated carbocycles. The number of esters is 1. The molecule has 4 rings (SSSR count). The van der Waals surface area contributed by atoms with Gasteiger partial charge in [-0.2, -0.15) is 0 Å². The third-order valence-electron chi connectivity index (χ3n) is 11.7. The lowest BCUT2D eigenvalue weighted by atomic mass is 9.35. The number of aliphatic hydroxyl groups is 1. The Morgan fingerprint density at radius 1 is 1.00 bits per heavy atom. The minimum atomic E-state index is -1.13. The zero-order valence-corrected chi connectivity index (χ0v) is 28.3. The Hall–Kier alpha value is -2.32. The molecule has 8 heteroatoms. The van der Waals surface area contributed by atoms with Crippen LogP contribution in [0.1, 0.15) is 107 Å². The van der Waals surface area contributed by atoms with Crippen molar-refractivity contribution in [1.29, 1.82) is 0 Å². The van der Waals surface area contributed by atoms with E-state index >= 15 is 0 Å². The van der Waals surface area contributed by atoms with Crippen LogP contribution in [0.15, 0.2) is 47.0 Å². The van der Waals surface area contributed by atoms with Crippen LogP contribution in [-0.2, 0) is 23.9 Å². The van der Waals surface area contributed by atoms with Crippen molar-refractivity contribution in [3.8, 4) is 0 Å². The quantitative estimate of drug-likeness (QED) is 0.193. The summed E-state index contributed by atoms with van der Waals surface area (Å²) in [6, 6.07) is 0. The molecular formula is C35H51NO6S. The first-order valence-electron chi connectivity index (χ1n) is 15.6. The molecule has 3 N–H and O–H groups in total. The van der Waals surface area contributed by atoms with Crippen LogP contribution in [0.5, 0.6) is 0 Å². The molecule has 43 heavy (non-hydrogen) atoms. The number of nitrogens with two attached hydrogens (primary N) is 1. The first-order chi connectivity index (χ1) is 19.8. The second kappa shape index (κ2) is 11.6. The van der Waals surface area contributed by atoms with Crippen LogP contribution in [0.2, 0.25) is 0 Å². The van der Waals surface area contributed by atoms with E-state index in [9.17, 15) is 19.5 Å². The van der Waals surface area contributed by atoms with Gasteiger partial charge in [0.25, 0.3) is 0 Å². The van der Waals surface area contributed by atoms with Crippen LogP contribution in [0.3, 0.4) is 0 Å². The number of rotatable bonds is 5. The summed E-state index contributed by atoms with van der Waals surface area (Å²) >= 11 is 1.25. The number of hydrogen-bond donors (Lipinski definition) is 2. The molecule has 0 aliphatic heterocycles. The predicted molar refractivity (Wildman–Crippen MR) is 170 cm³/mol. The largest absolute Gasteiger partial charge is 0.461 e. The van der Waals surface area contributed by atoms with E-state index in [1.165, 1.54) is 31.2 Å². The van der Waals surface area contributed by atoms with Crippen molar-refractivity contribution < 1.29 is 29.0 Å². The highest BCUT2D eigenvalue weighted by atomic mass is 32.2. The predicted octanol–water partition coefficient (Wildman–Crippen LogP) is 7.11. The third kappa shape index (κ3) is 6.03. The summed E-state index contributed by atoms with van der Waals surface area (Å²) in [7, 11) is 0. The molecule has 0 bridgehead atoms. The third-order valence-corrected chi connectivity index (χ3v) is 12.6. The van der Waals surface area contributed by atoms with E-state index in [0.29, 0.717) is 11.5 Å². The summed E-state index contributed by atoms with van der Waals surface area (Å²) in [5, 5.41) is 9.83. The number of primary amides is 1. The number of thioether (sulfide) groups is 1. The van der Waals surface area contributed by atoms with Crippen LogP contribution in [0.4, 0.5) is 0 Å². The van der Waals surface area contributed by atoms with Gasteiger partial charge >= 0.3 is 5.97 Å². The van der Waals surface area contributed by atoms with Gasteiger partial charge in [-0.3, -0.25) is 14.4 Å². The Kier molecular flexibility index (Phi) is 9.02. The molecule has 0 aromatic heterocycles. The minimum Gasteiger partial charge on any atom is -0.461 e. The average molecular weight is 614 g/mol. The molecule has 3 fully saturated rings. The van der Waals surface area contributed by atoms with E-state index in [2.05, 4.69) is 39.8 Å². The summed E-state index contributed by atoms with van der Waals surface area (Å²) in [5.74, 6) is 0.120. The minimum absolute atomic E-state index is 0.00756. The maximum Gasteiger partial charge on any atom is 0.308 e. The summed E-state index contributed by atoms with van der Waals surface area (Å²) in [6.07, 6.45) is 13.5. The lowest BCUT2D eigenvalue weighted by Crippen LogP contribution is -2.62. The lowest BCUT2D eigenvalue weighted by Gasteiger charge is -2.69. The van der Waals surface area contributed by atoms with Gasteiger partial charge in [0.15, 0.2) is 22.9 Å². The second-order valence-corrected chi connectivity index (χ2v) is 16.2. The summed E-state index contributed by atoms with van der Waals surface area (Å²) in [4.78, 5) is 37.5. The number of amides is 1. The van der Waals surface area contributed by atoms with Gasteiger partial charge in [-0.1, -0.05) is 70.2 Å². The molecule has 8 atom stereocenters. The van der Waals surface area contributed by atoms with Gasteiger partial charge < -0.3 is 20.3 Å². The van der Waals surface area contributed by atoms with Crippen molar-refractivity contribution in [3.63, 3.8) is 0 Å². The number of carbonyl (C=O) groups is 3. The zero-order valence-electron chi connectivity index (χ0n) is 27.5. The molecule has 4 aliphatic carbocycles. The lowest BCUT2D eigenvalue weighted by molar-refractivity contribution is -0.167. The van der Waals surface area contributed by atoms with E-state index < -0.39 is 23.1 Å². The number of carbonyl (C=O) groups excluding carboxylic acids is 3. The van der Waals surface area contributed by atoms with E-state index in [4.69, 9.17) is 15.2 Å². The van der Waals surface area contributed by atoms with Crippen molar-refractivity contribution >= 4 is 28.8 Å². The number of aliphatic hydroxyl groups excluding tert-OH is 1. The van der Waals surface area contributed by atoms with Crippen LogP contribution in [0, 0.1) is 33.0 Å². The van der Waals surface area contributed by atoms with Gasteiger partial charge in [0.2, 0.25) is 5.91 Å². The molecule has 0 saturated heterocycles. The Labute approximate surface area is 261 Å². The smallest absolute Gasteiger partial charge is 0.308 e. The number of allylic oxidation sites excluding steroid dienone is 4. The van der Waals surface area contributed by atoms with E-state index in [-0.39, 0.29) is 44.0 Å². The fourth-order valence-corrected chi connectivity index (χ4v) is 9.72. The van der Waals surface area contributed by atoms with Crippen LogP contribution in [0.25, 0.3) is 0 Å². The number of hydrogen-bond acceptors (Lipinski definition) is 7. The maximum absolute atomic E-state index is 12.7. The highest BCUT2D eigenvalue weighted by molar-refractivity contribution is 8.14. The molecule has 7 nitrogen and oxygen atoms in total. The highest BCUT2D eigenvalue weighted by Gasteiger charge is 2.66. The van der Waals surface area contributed by atoms with E-state index in [1.54, 1.807) is 6.92 Å². The average Bonchev–Trinajstić information content (AvgIpc) is 2.89. The molecule has 0 aromatic rings. The van der Waals surface area contributed by atoms with E-state index in [1.807, 2.05) is 26.0 Å². The fraction of sp³-hybridized carbons (Fsp3) is 0.686. The monoisotopic (exact) mass is 613 g/mol. The number of fused-ring (bicyclic) bond motifs is 5. The highest BCUT2D eigenvalue weighted by Crippen LogP contribution is 2.74. The Balaban J connectivity index is 1.93. The van der Waals surface area contributed by atoms with Crippen molar-refractivity contribution in [2.45, 2.75) is 119 Å². The van der Waals surface area contributed by atoms with Crippen LogP contribution in [-0.4, -0.2) is 33.6 Å². The Morgan fingerprint density at radius 3 is 2.23 bits per heavy atom. The Morgan fingerprint density at radius 2 is 1.65 bits per heavy atom. The van der Waals surface area contributed by atoms with Gasteiger partial charge in [-0.15, -0.1) is 0 Å². The fourth-order valence-electron chi connectivity index (χ4n) is 8.86. The number of ether oxygens (including phenoxy) is 2. The summed E-state index contributed by atoms with van der Waals surface area (Å²) in [6.45, 7) is 17.8. The van der Waals surface area contributed by atoms with Gasteiger partial charge in [-0.05, 0) is 92.6 Å². The zero-order chi connectivity index (χ0) is 32.2. The molecule has 0 spiro atoms. The SMILES string of the molecule is CC(=O)OC1=C(OC(C)O)/C(C)=C/C(SC(C)=O)/C=C2\[C@](C)(\C=C\1)CC[C@@]1(C)[C@@H]3C[C@](C)(C(N)=O)CC[C@]3(C)CC[C@]21C. The Bertz CT molecular complexity index is 1310. The molecule has 0 aromatic carbocycles. The van der Waals surface area contributed by atoms with Crippen molar-refractivity contribution in [2.24, 2.45) is 38.7 Å². The van der Waals surface area contributed by atoms with E-state index in [0.717, 1.165) is 44.9 Å². The van der Waals surface area contributed by atoms with Crippen LogP contribution < -0.4 is 5.73 Å². The molecule has 1 amide bonds. The van der Waals surface area contributed by atoms with Crippen molar-refractivity contribution in [3.05, 3.63) is 47.0 Å².